The van der Waals surface area contributed by atoms with E-state index < -0.39 is 0 Å². The third-order valence-electron chi connectivity index (χ3n) is 4.51. The van der Waals surface area contributed by atoms with Crippen LogP contribution in [0.1, 0.15) is 28.5 Å². The topological polar surface area (TPSA) is 60.3 Å². The second-order valence-corrected chi connectivity index (χ2v) is 6.15. The van der Waals surface area contributed by atoms with Gasteiger partial charge in [0.05, 0.1) is 12.1 Å². The summed E-state index contributed by atoms with van der Waals surface area (Å²) in [5, 5.41) is 3.56. The lowest BCUT2D eigenvalue weighted by molar-refractivity contribution is -0.109. The quantitative estimate of drug-likeness (QED) is 0.513. The molecule has 3 rings (SSSR count). The SMILES string of the molecule is CCOc1ccc2c(c1)c(CCNC=O)c(C)n2C(=O)c1ccc(F)cc1. The van der Waals surface area contributed by atoms with Crippen LogP contribution in [0.15, 0.2) is 42.5 Å². The molecule has 0 bridgehead atoms. The van der Waals surface area contributed by atoms with Crippen molar-refractivity contribution in [3.05, 3.63) is 65.1 Å². The number of ether oxygens (including phenoxy) is 1. The molecule has 1 heterocycles. The van der Waals surface area contributed by atoms with Crippen molar-refractivity contribution in [1.29, 1.82) is 0 Å². The molecule has 0 aliphatic heterocycles. The van der Waals surface area contributed by atoms with Crippen LogP contribution < -0.4 is 10.1 Å². The Labute approximate surface area is 156 Å². The molecule has 6 heteroatoms. The zero-order chi connectivity index (χ0) is 19.4. The molecule has 0 spiro atoms. The van der Waals surface area contributed by atoms with Gasteiger partial charge in [0.2, 0.25) is 6.41 Å². The van der Waals surface area contributed by atoms with E-state index in [1.807, 2.05) is 32.0 Å². The van der Waals surface area contributed by atoms with E-state index >= 15 is 0 Å². The molecule has 0 unspecified atom stereocenters. The Bertz CT molecular complexity index is 977. The summed E-state index contributed by atoms with van der Waals surface area (Å²) in [4.78, 5) is 23.7. The van der Waals surface area contributed by atoms with Crippen molar-refractivity contribution in [2.24, 2.45) is 0 Å². The van der Waals surface area contributed by atoms with Crippen LogP contribution in [0, 0.1) is 12.7 Å². The van der Waals surface area contributed by atoms with Crippen molar-refractivity contribution in [2.45, 2.75) is 20.3 Å². The largest absolute Gasteiger partial charge is 0.494 e. The Hall–Kier alpha value is -3.15. The minimum atomic E-state index is -0.386. The lowest BCUT2D eigenvalue weighted by Crippen LogP contribution is -2.16. The highest BCUT2D eigenvalue weighted by molar-refractivity contribution is 6.04. The van der Waals surface area contributed by atoms with Gasteiger partial charge in [0.15, 0.2) is 0 Å². The molecule has 1 amide bonds. The Balaban J connectivity index is 2.13. The second kappa shape index (κ2) is 8.03. The number of aromatic nitrogens is 1. The number of nitrogens with one attached hydrogen (secondary N) is 1. The Kier molecular flexibility index (Phi) is 5.54. The second-order valence-electron chi connectivity index (χ2n) is 6.15. The molecule has 0 atom stereocenters. The van der Waals surface area contributed by atoms with Crippen LogP contribution in [0.2, 0.25) is 0 Å². The van der Waals surface area contributed by atoms with E-state index in [-0.39, 0.29) is 11.7 Å². The van der Waals surface area contributed by atoms with E-state index in [9.17, 15) is 14.0 Å². The van der Waals surface area contributed by atoms with Gasteiger partial charge >= 0.3 is 0 Å². The van der Waals surface area contributed by atoms with Gasteiger partial charge in [-0.3, -0.25) is 14.2 Å². The minimum Gasteiger partial charge on any atom is -0.494 e. The zero-order valence-electron chi connectivity index (χ0n) is 15.3. The molecule has 0 saturated heterocycles. The van der Waals surface area contributed by atoms with Crippen molar-refractivity contribution < 1.29 is 18.7 Å². The third-order valence-corrected chi connectivity index (χ3v) is 4.51. The van der Waals surface area contributed by atoms with Crippen LogP contribution in [-0.2, 0) is 11.2 Å². The highest BCUT2D eigenvalue weighted by Gasteiger charge is 2.20. The number of hydrogen-bond donors (Lipinski definition) is 1. The van der Waals surface area contributed by atoms with Gasteiger partial charge < -0.3 is 10.1 Å². The van der Waals surface area contributed by atoms with E-state index in [1.54, 1.807) is 4.57 Å². The number of benzene rings is 2. The molecular weight excluding hydrogens is 347 g/mol. The molecule has 5 nitrogen and oxygen atoms in total. The van der Waals surface area contributed by atoms with Gasteiger partial charge in [0.1, 0.15) is 11.6 Å². The highest BCUT2D eigenvalue weighted by Crippen LogP contribution is 2.30. The Morgan fingerprint density at radius 1 is 1.22 bits per heavy atom. The lowest BCUT2D eigenvalue weighted by Gasteiger charge is -2.08. The summed E-state index contributed by atoms with van der Waals surface area (Å²) < 4.78 is 20.4. The molecule has 3 aromatic rings. The predicted octanol–water partition coefficient (Wildman–Crippen LogP) is 3.46. The summed E-state index contributed by atoms with van der Waals surface area (Å²) in [6.45, 7) is 4.79. The standard InChI is InChI=1S/C21H21FN2O3/c1-3-27-17-8-9-20-19(12-17)18(10-11-23-13-25)14(2)24(20)21(26)15-4-6-16(22)7-5-15/h4-9,12-13H,3,10-11H2,1-2H3,(H,23,25). The van der Waals surface area contributed by atoms with Crippen molar-refractivity contribution in [3.63, 3.8) is 0 Å². The van der Waals surface area contributed by atoms with Gasteiger partial charge in [0.25, 0.3) is 5.91 Å². The fraction of sp³-hybridized carbons (Fsp3) is 0.238. The van der Waals surface area contributed by atoms with Gasteiger partial charge in [-0.05, 0) is 68.3 Å². The molecule has 2 aromatic carbocycles. The normalized spacial score (nSPS) is 10.8. The lowest BCUT2D eigenvalue weighted by atomic mass is 10.1. The smallest absolute Gasteiger partial charge is 0.262 e. The van der Waals surface area contributed by atoms with E-state index in [0.29, 0.717) is 31.5 Å². The van der Waals surface area contributed by atoms with Gasteiger partial charge in [-0.15, -0.1) is 0 Å². The van der Waals surface area contributed by atoms with Crippen molar-refractivity contribution >= 4 is 23.2 Å². The summed E-state index contributed by atoms with van der Waals surface area (Å²) in [6, 6.07) is 11.1. The number of nitrogens with zero attached hydrogens (tertiary/aromatic N) is 1. The van der Waals surface area contributed by atoms with Gasteiger partial charge in [-0.2, -0.15) is 0 Å². The molecule has 1 N–H and O–H groups in total. The monoisotopic (exact) mass is 368 g/mol. The summed E-state index contributed by atoms with van der Waals surface area (Å²) in [6.07, 6.45) is 1.24. The van der Waals surface area contributed by atoms with Crippen LogP contribution in [0.4, 0.5) is 4.39 Å². The van der Waals surface area contributed by atoms with E-state index in [1.165, 1.54) is 24.3 Å². The number of hydrogen-bond acceptors (Lipinski definition) is 3. The first-order chi connectivity index (χ1) is 13.1. The van der Waals surface area contributed by atoms with Crippen LogP contribution in [0.25, 0.3) is 10.9 Å². The summed E-state index contributed by atoms with van der Waals surface area (Å²) in [5.74, 6) is 0.111. The first kappa shape index (κ1) is 18.6. The molecule has 1 aromatic heterocycles. The fourth-order valence-corrected chi connectivity index (χ4v) is 3.27. The minimum absolute atomic E-state index is 0.226. The van der Waals surface area contributed by atoms with Crippen molar-refractivity contribution in [1.82, 2.24) is 9.88 Å². The number of amides is 1. The molecule has 0 fully saturated rings. The van der Waals surface area contributed by atoms with Crippen LogP contribution in [-0.4, -0.2) is 30.0 Å². The zero-order valence-corrected chi connectivity index (χ0v) is 15.3. The molecular formula is C21H21FN2O3. The molecule has 27 heavy (non-hydrogen) atoms. The maximum Gasteiger partial charge on any atom is 0.262 e. The van der Waals surface area contributed by atoms with E-state index in [4.69, 9.17) is 4.74 Å². The molecule has 0 radical (unpaired) electrons. The number of halogens is 1. The Morgan fingerprint density at radius 3 is 2.63 bits per heavy atom. The maximum atomic E-state index is 13.2. The van der Waals surface area contributed by atoms with Crippen LogP contribution >= 0.6 is 0 Å². The highest BCUT2D eigenvalue weighted by atomic mass is 19.1. The maximum absolute atomic E-state index is 13.2. The van der Waals surface area contributed by atoms with Crippen LogP contribution in [0.3, 0.4) is 0 Å². The summed E-state index contributed by atoms with van der Waals surface area (Å²) >= 11 is 0. The predicted molar refractivity (Wildman–Crippen MR) is 102 cm³/mol. The molecule has 0 aliphatic rings. The number of fused-ring (bicyclic) bond motifs is 1. The van der Waals surface area contributed by atoms with Gasteiger partial charge in [-0.1, -0.05) is 0 Å². The number of carbonyl (C=O) groups excluding carboxylic acids is 2. The summed E-state index contributed by atoms with van der Waals surface area (Å²) in [7, 11) is 0. The third kappa shape index (κ3) is 3.69. The van der Waals surface area contributed by atoms with Gasteiger partial charge in [0, 0.05) is 23.2 Å². The number of rotatable bonds is 7. The Morgan fingerprint density at radius 2 is 1.96 bits per heavy atom. The van der Waals surface area contributed by atoms with Gasteiger partial charge in [-0.25, -0.2) is 4.39 Å². The van der Waals surface area contributed by atoms with Crippen molar-refractivity contribution in [3.8, 4) is 5.75 Å². The molecule has 0 aliphatic carbocycles. The average Bonchev–Trinajstić information content (AvgIpc) is 2.93. The van der Waals surface area contributed by atoms with E-state index in [0.717, 1.165) is 27.9 Å². The first-order valence-electron chi connectivity index (χ1n) is 8.80. The van der Waals surface area contributed by atoms with Crippen LogP contribution in [0.5, 0.6) is 5.75 Å². The molecule has 140 valence electrons. The number of carbonyl (C=O) groups is 2. The van der Waals surface area contributed by atoms with Crippen molar-refractivity contribution in [2.75, 3.05) is 13.2 Å². The van der Waals surface area contributed by atoms with E-state index in [2.05, 4.69) is 5.32 Å². The fourth-order valence-electron chi connectivity index (χ4n) is 3.27. The first-order valence-corrected chi connectivity index (χ1v) is 8.80. The molecule has 0 saturated carbocycles. The summed E-state index contributed by atoms with van der Waals surface area (Å²) in [5.41, 5.74) is 2.92. The average molecular weight is 368 g/mol.